The Morgan fingerprint density at radius 3 is 2.65 bits per heavy atom. The first-order valence-electron chi connectivity index (χ1n) is 12.1. The molecule has 1 saturated heterocycles. The molecule has 1 aliphatic carbocycles. The lowest BCUT2D eigenvalue weighted by Gasteiger charge is -2.42. The highest BCUT2D eigenvalue weighted by atomic mass is 19.4. The maximum absolute atomic E-state index is 12.8. The molecule has 0 amide bonds. The number of aliphatic hydroxyl groups is 1. The molecule has 6 nitrogen and oxygen atoms in total. The molecule has 3 aromatic rings. The van der Waals surface area contributed by atoms with Gasteiger partial charge in [-0.1, -0.05) is 36.3 Å². The van der Waals surface area contributed by atoms with Gasteiger partial charge in [-0.2, -0.15) is 13.2 Å². The molecule has 0 saturated carbocycles. The number of hydrogen-bond donors (Lipinski definition) is 2. The third-order valence-electron chi connectivity index (χ3n) is 7.31. The van der Waals surface area contributed by atoms with Gasteiger partial charge in [0.2, 0.25) is 0 Å². The van der Waals surface area contributed by atoms with Gasteiger partial charge in [0.25, 0.3) is 0 Å². The zero-order valence-corrected chi connectivity index (χ0v) is 20.1. The van der Waals surface area contributed by atoms with Crippen LogP contribution < -0.4 is 15.4 Å². The first-order chi connectivity index (χ1) is 17.8. The van der Waals surface area contributed by atoms with Gasteiger partial charge in [0, 0.05) is 19.1 Å². The average Bonchev–Trinajstić information content (AvgIpc) is 3.17. The number of fused-ring (bicyclic) bond motifs is 1. The Bertz CT molecular complexity index is 1340. The van der Waals surface area contributed by atoms with E-state index in [0.717, 1.165) is 44.5 Å². The van der Waals surface area contributed by atoms with E-state index in [0.29, 0.717) is 17.2 Å². The summed E-state index contributed by atoms with van der Waals surface area (Å²) in [5.74, 6) is 6.25. The van der Waals surface area contributed by atoms with Gasteiger partial charge in [-0.3, -0.25) is 0 Å². The summed E-state index contributed by atoms with van der Waals surface area (Å²) in [6.07, 6.45) is -0.0824. The minimum absolute atomic E-state index is 0.0186. The van der Waals surface area contributed by atoms with Gasteiger partial charge in [0.15, 0.2) is 5.82 Å². The number of aromatic nitrogens is 2. The summed E-state index contributed by atoms with van der Waals surface area (Å²) < 4.78 is 43.8. The molecule has 1 aromatic heterocycles. The van der Waals surface area contributed by atoms with Gasteiger partial charge in [0.1, 0.15) is 23.7 Å². The maximum atomic E-state index is 12.8. The second-order valence-electron chi connectivity index (χ2n) is 9.50. The third-order valence-corrected chi connectivity index (χ3v) is 7.31. The van der Waals surface area contributed by atoms with Crippen LogP contribution in [0.2, 0.25) is 0 Å². The first kappa shape index (κ1) is 25.1. The monoisotopic (exact) mass is 508 g/mol. The van der Waals surface area contributed by atoms with E-state index in [1.165, 1.54) is 29.5 Å². The number of anilines is 1. The van der Waals surface area contributed by atoms with E-state index in [9.17, 15) is 18.3 Å². The molecule has 0 unspecified atom stereocenters. The van der Waals surface area contributed by atoms with E-state index < -0.39 is 11.7 Å². The van der Waals surface area contributed by atoms with E-state index in [1.807, 2.05) is 6.07 Å². The zero-order chi connectivity index (χ0) is 26.0. The van der Waals surface area contributed by atoms with Crippen molar-refractivity contribution >= 4 is 5.82 Å². The number of ether oxygens (including phenoxy) is 1. The number of alkyl halides is 3. The Balaban J connectivity index is 1.22. The van der Waals surface area contributed by atoms with Crippen molar-refractivity contribution in [2.75, 3.05) is 24.6 Å². The quantitative estimate of drug-likeness (QED) is 0.513. The fraction of sp³-hybridized carbons (Fsp3) is 0.357. The van der Waals surface area contributed by atoms with Crippen molar-refractivity contribution in [3.8, 4) is 17.6 Å². The standard InChI is InChI=1S/C28H27F3N4O2/c29-28(30,31)20-6-3-8-22(15-20)37-14-4-7-21-17-33-26(24(18-36)34-21)35-12-10-27(11-13-35)16-19-5-1-2-9-23(19)25(27)32/h1-3,5-6,8-9,15,17,25,36H,10-14,16,18,32H2/t25-/m1/s1. The zero-order valence-electron chi connectivity index (χ0n) is 20.1. The van der Waals surface area contributed by atoms with Crippen molar-refractivity contribution in [1.29, 1.82) is 0 Å². The molecule has 9 heteroatoms. The molecule has 1 spiro atoms. The van der Waals surface area contributed by atoms with Crippen LogP contribution in [0.15, 0.2) is 54.7 Å². The second kappa shape index (κ2) is 10.0. The molecule has 1 atom stereocenters. The van der Waals surface area contributed by atoms with E-state index in [-0.39, 0.29) is 30.4 Å². The highest BCUT2D eigenvalue weighted by Crippen LogP contribution is 2.51. The molecule has 0 radical (unpaired) electrons. The third kappa shape index (κ3) is 5.13. The number of piperidine rings is 1. The highest BCUT2D eigenvalue weighted by Gasteiger charge is 2.46. The first-order valence-corrected chi connectivity index (χ1v) is 12.1. The summed E-state index contributed by atoms with van der Waals surface area (Å²) in [6, 6.07) is 13.0. The Hall–Kier alpha value is -3.61. The summed E-state index contributed by atoms with van der Waals surface area (Å²) in [5, 5.41) is 9.94. The molecule has 1 fully saturated rings. The van der Waals surface area contributed by atoms with Crippen molar-refractivity contribution < 1.29 is 23.0 Å². The van der Waals surface area contributed by atoms with Crippen LogP contribution in [0.25, 0.3) is 0 Å². The summed E-state index contributed by atoms with van der Waals surface area (Å²) in [7, 11) is 0. The molecule has 1 aliphatic heterocycles. The number of benzene rings is 2. The van der Waals surface area contributed by atoms with Gasteiger partial charge >= 0.3 is 6.18 Å². The van der Waals surface area contributed by atoms with Crippen LogP contribution >= 0.6 is 0 Å². The fourth-order valence-corrected chi connectivity index (χ4v) is 5.33. The predicted molar refractivity (Wildman–Crippen MR) is 133 cm³/mol. The fourth-order valence-electron chi connectivity index (χ4n) is 5.33. The molecule has 37 heavy (non-hydrogen) atoms. The molecular weight excluding hydrogens is 481 g/mol. The van der Waals surface area contributed by atoms with Gasteiger partial charge in [-0.15, -0.1) is 0 Å². The molecular formula is C28H27F3N4O2. The number of nitrogens with two attached hydrogens (primary N) is 1. The minimum Gasteiger partial charge on any atom is -0.481 e. The van der Waals surface area contributed by atoms with Crippen LogP contribution in [-0.2, 0) is 19.2 Å². The summed E-state index contributed by atoms with van der Waals surface area (Å²) in [6.45, 7) is 1.12. The Labute approximate surface area is 213 Å². The van der Waals surface area contributed by atoms with Gasteiger partial charge in [-0.25, -0.2) is 9.97 Å². The normalized spacial score (nSPS) is 18.3. The van der Waals surface area contributed by atoms with Crippen LogP contribution in [0.5, 0.6) is 5.75 Å². The van der Waals surface area contributed by atoms with Crippen LogP contribution in [0.1, 0.15) is 47.0 Å². The van der Waals surface area contributed by atoms with E-state index >= 15 is 0 Å². The van der Waals surface area contributed by atoms with E-state index in [4.69, 9.17) is 10.5 Å². The molecule has 0 bridgehead atoms. The summed E-state index contributed by atoms with van der Waals surface area (Å²) in [5.41, 5.74) is 9.29. The largest absolute Gasteiger partial charge is 0.481 e. The number of halogens is 3. The average molecular weight is 509 g/mol. The lowest BCUT2D eigenvalue weighted by molar-refractivity contribution is -0.137. The van der Waals surface area contributed by atoms with Crippen LogP contribution in [0, 0.1) is 17.3 Å². The lowest BCUT2D eigenvalue weighted by Crippen LogP contribution is -2.45. The molecule has 2 aromatic carbocycles. The minimum atomic E-state index is -4.44. The molecule has 192 valence electrons. The number of aliphatic hydroxyl groups excluding tert-OH is 1. The Morgan fingerprint density at radius 2 is 1.92 bits per heavy atom. The topological polar surface area (TPSA) is 84.5 Å². The van der Waals surface area contributed by atoms with Gasteiger partial charge < -0.3 is 20.5 Å². The second-order valence-corrected chi connectivity index (χ2v) is 9.50. The van der Waals surface area contributed by atoms with Crippen LogP contribution in [0.4, 0.5) is 19.0 Å². The Kier molecular flexibility index (Phi) is 6.80. The lowest BCUT2D eigenvalue weighted by atomic mass is 9.73. The van der Waals surface area contributed by atoms with Crippen molar-refractivity contribution in [3.63, 3.8) is 0 Å². The maximum Gasteiger partial charge on any atom is 0.416 e. The van der Waals surface area contributed by atoms with Crippen LogP contribution in [0.3, 0.4) is 0 Å². The summed E-state index contributed by atoms with van der Waals surface area (Å²) >= 11 is 0. The van der Waals surface area contributed by atoms with Crippen LogP contribution in [-0.4, -0.2) is 34.8 Å². The molecule has 2 aliphatic rings. The predicted octanol–water partition coefficient (Wildman–Crippen LogP) is 4.26. The molecule has 5 rings (SSSR count). The van der Waals surface area contributed by atoms with Gasteiger partial charge in [-0.05, 0) is 59.9 Å². The van der Waals surface area contributed by atoms with Gasteiger partial charge in [0.05, 0.1) is 18.4 Å². The highest BCUT2D eigenvalue weighted by molar-refractivity contribution is 5.47. The van der Waals surface area contributed by atoms with Crippen molar-refractivity contribution in [1.82, 2.24) is 9.97 Å². The number of hydrogen-bond acceptors (Lipinski definition) is 6. The van der Waals surface area contributed by atoms with Crippen molar-refractivity contribution in [2.24, 2.45) is 11.1 Å². The van der Waals surface area contributed by atoms with E-state index in [2.05, 4.69) is 44.9 Å². The molecule has 3 N–H and O–H groups in total. The number of nitrogens with zero attached hydrogens (tertiary/aromatic N) is 3. The number of rotatable bonds is 4. The Morgan fingerprint density at radius 1 is 1.14 bits per heavy atom. The SMILES string of the molecule is N[C@@H]1c2ccccc2CC12CCN(c1ncc(C#CCOc3cccc(C(F)(F)F)c3)nc1CO)CC2. The van der Waals surface area contributed by atoms with Crippen molar-refractivity contribution in [3.05, 3.63) is 82.8 Å². The summed E-state index contributed by atoms with van der Waals surface area (Å²) in [4.78, 5) is 11.1. The molecule has 2 heterocycles. The smallest absolute Gasteiger partial charge is 0.416 e. The van der Waals surface area contributed by atoms with Crippen molar-refractivity contribution in [2.45, 2.75) is 38.1 Å². The van der Waals surface area contributed by atoms with E-state index in [1.54, 1.807) is 0 Å².